The molecule has 1 amide bonds. The SMILES string of the molecule is C/C=C(/CN(CC(=O)O[C@H](C)c1ccccc1)C(=O)OC(C)(C)C)[Si](C)(C)c1ccccc1. The van der Waals surface area contributed by atoms with Crippen molar-refractivity contribution in [2.24, 2.45) is 0 Å². The van der Waals surface area contributed by atoms with Gasteiger partial charge in [0.15, 0.2) is 0 Å². The van der Waals surface area contributed by atoms with E-state index in [9.17, 15) is 9.59 Å². The van der Waals surface area contributed by atoms with Crippen molar-refractivity contribution in [3.8, 4) is 0 Å². The van der Waals surface area contributed by atoms with E-state index < -0.39 is 31.8 Å². The summed E-state index contributed by atoms with van der Waals surface area (Å²) < 4.78 is 11.3. The molecule has 2 aromatic rings. The van der Waals surface area contributed by atoms with Gasteiger partial charge >= 0.3 is 12.1 Å². The second-order valence-electron chi connectivity index (χ2n) is 9.68. The molecule has 2 rings (SSSR count). The summed E-state index contributed by atoms with van der Waals surface area (Å²) in [7, 11) is -2.05. The molecule has 0 aliphatic rings. The van der Waals surface area contributed by atoms with Crippen LogP contribution in [-0.4, -0.2) is 43.7 Å². The summed E-state index contributed by atoms with van der Waals surface area (Å²) in [4.78, 5) is 27.3. The smallest absolute Gasteiger partial charge is 0.411 e. The zero-order chi connectivity index (χ0) is 24.6. The van der Waals surface area contributed by atoms with Crippen molar-refractivity contribution in [1.29, 1.82) is 0 Å². The van der Waals surface area contributed by atoms with Crippen LogP contribution in [0.25, 0.3) is 0 Å². The van der Waals surface area contributed by atoms with E-state index >= 15 is 0 Å². The molecule has 1 atom stereocenters. The number of rotatable bonds is 8. The third kappa shape index (κ3) is 7.89. The fraction of sp³-hybridized carbons (Fsp3) is 0.407. The van der Waals surface area contributed by atoms with Crippen molar-refractivity contribution in [3.05, 3.63) is 77.5 Å². The highest BCUT2D eigenvalue weighted by atomic mass is 28.3. The monoisotopic (exact) mass is 467 g/mol. The highest BCUT2D eigenvalue weighted by Crippen LogP contribution is 2.20. The van der Waals surface area contributed by atoms with Gasteiger partial charge in [0, 0.05) is 6.54 Å². The van der Waals surface area contributed by atoms with Gasteiger partial charge in [-0.2, -0.15) is 0 Å². The van der Waals surface area contributed by atoms with Gasteiger partial charge in [-0.05, 0) is 40.2 Å². The lowest BCUT2D eigenvalue weighted by Gasteiger charge is -2.32. The first-order valence-electron chi connectivity index (χ1n) is 11.4. The Morgan fingerprint density at radius 2 is 1.52 bits per heavy atom. The minimum Gasteiger partial charge on any atom is -0.456 e. The second-order valence-corrected chi connectivity index (χ2v) is 14.2. The minimum atomic E-state index is -2.05. The molecule has 5 nitrogen and oxygen atoms in total. The third-order valence-corrected chi connectivity index (χ3v) is 9.39. The summed E-state index contributed by atoms with van der Waals surface area (Å²) in [6.07, 6.45) is 1.13. The van der Waals surface area contributed by atoms with Crippen LogP contribution in [0.5, 0.6) is 0 Å². The molecule has 0 aliphatic heterocycles. The molecule has 0 heterocycles. The van der Waals surface area contributed by atoms with E-state index in [2.05, 4.69) is 31.3 Å². The summed E-state index contributed by atoms with van der Waals surface area (Å²) >= 11 is 0. The molecule has 0 spiro atoms. The molecular formula is C27H37NO4Si. The highest BCUT2D eigenvalue weighted by Gasteiger charge is 2.32. The number of nitrogens with zero attached hydrogens (tertiary/aromatic N) is 1. The van der Waals surface area contributed by atoms with Crippen LogP contribution >= 0.6 is 0 Å². The molecule has 0 bridgehead atoms. The summed E-state index contributed by atoms with van der Waals surface area (Å²) in [6.45, 7) is 13.9. The molecule has 0 radical (unpaired) electrons. The first-order valence-corrected chi connectivity index (χ1v) is 14.4. The van der Waals surface area contributed by atoms with Crippen LogP contribution in [0.3, 0.4) is 0 Å². The largest absolute Gasteiger partial charge is 0.456 e. The lowest BCUT2D eigenvalue weighted by atomic mass is 10.1. The van der Waals surface area contributed by atoms with Crippen LogP contribution in [0.2, 0.25) is 13.1 Å². The average Bonchev–Trinajstić information content (AvgIpc) is 2.76. The molecule has 6 heteroatoms. The van der Waals surface area contributed by atoms with E-state index in [0.717, 1.165) is 10.8 Å². The van der Waals surface area contributed by atoms with E-state index in [0.29, 0.717) is 6.54 Å². The van der Waals surface area contributed by atoms with E-state index in [1.54, 1.807) is 0 Å². The van der Waals surface area contributed by atoms with Crippen LogP contribution in [0.15, 0.2) is 71.9 Å². The van der Waals surface area contributed by atoms with Gasteiger partial charge in [-0.3, -0.25) is 9.69 Å². The molecular weight excluding hydrogens is 430 g/mol. The normalized spacial score (nSPS) is 13.2. The Bertz CT molecular complexity index is 949. The van der Waals surface area contributed by atoms with Gasteiger partial charge < -0.3 is 9.47 Å². The van der Waals surface area contributed by atoms with Gasteiger partial charge in [0.1, 0.15) is 26.3 Å². The van der Waals surface area contributed by atoms with Crippen LogP contribution in [0, 0.1) is 0 Å². The first kappa shape index (κ1) is 26.4. The maximum atomic E-state index is 13.0. The van der Waals surface area contributed by atoms with Crippen LogP contribution < -0.4 is 5.19 Å². The molecule has 0 N–H and O–H groups in total. The maximum absolute atomic E-state index is 13.0. The molecule has 0 aromatic heterocycles. The van der Waals surface area contributed by atoms with Gasteiger partial charge in [0.2, 0.25) is 0 Å². The Labute approximate surface area is 199 Å². The summed E-state index contributed by atoms with van der Waals surface area (Å²) in [5.74, 6) is -0.466. The Balaban J connectivity index is 2.22. The molecule has 0 unspecified atom stereocenters. The number of esters is 1. The fourth-order valence-corrected chi connectivity index (χ4v) is 6.29. The number of allylic oxidation sites excluding steroid dienone is 1. The van der Waals surface area contributed by atoms with E-state index in [1.165, 1.54) is 10.1 Å². The van der Waals surface area contributed by atoms with Gasteiger partial charge in [-0.25, -0.2) is 4.79 Å². The van der Waals surface area contributed by atoms with Crippen molar-refractivity contribution in [3.63, 3.8) is 0 Å². The number of hydrogen-bond donors (Lipinski definition) is 0. The van der Waals surface area contributed by atoms with Crippen molar-refractivity contribution >= 4 is 25.3 Å². The minimum absolute atomic E-state index is 0.178. The van der Waals surface area contributed by atoms with Gasteiger partial charge in [-0.1, -0.05) is 90.2 Å². The topological polar surface area (TPSA) is 55.8 Å². The standard InChI is InChI=1S/C27H37NO4Si/c1-8-23(33(6,7)24-17-13-10-14-18-24)19-28(26(30)32-27(3,4)5)20-25(29)31-21(2)22-15-11-9-12-16-22/h8-18,21H,19-20H2,1-7H3/b23-8-/t21-/m1/s1. The van der Waals surface area contributed by atoms with Crippen molar-refractivity contribution < 1.29 is 19.1 Å². The third-order valence-electron chi connectivity index (χ3n) is 5.56. The van der Waals surface area contributed by atoms with Crippen molar-refractivity contribution in [2.75, 3.05) is 13.1 Å². The number of ether oxygens (including phenoxy) is 2. The second kappa shape index (κ2) is 11.3. The van der Waals surface area contributed by atoms with Crippen molar-refractivity contribution in [1.82, 2.24) is 4.90 Å². The molecule has 0 aliphatic carbocycles. The average molecular weight is 468 g/mol. The zero-order valence-electron chi connectivity index (χ0n) is 20.9. The quantitative estimate of drug-likeness (QED) is 0.373. The molecule has 0 saturated heterocycles. The number of hydrogen-bond acceptors (Lipinski definition) is 4. The van der Waals surface area contributed by atoms with E-state index in [4.69, 9.17) is 9.47 Å². The predicted octanol–water partition coefficient (Wildman–Crippen LogP) is 5.63. The van der Waals surface area contributed by atoms with Crippen LogP contribution in [0.1, 0.15) is 46.3 Å². The molecule has 0 saturated carbocycles. The highest BCUT2D eigenvalue weighted by molar-refractivity contribution is 6.95. The Morgan fingerprint density at radius 1 is 0.970 bits per heavy atom. The lowest BCUT2D eigenvalue weighted by molar-refractivity contribution is -0.149. The fourth-order valence-electron chi connectivity index (χ4n) is 3.59. The maximum Gasteiger partial charge on any atom is 0.411 e. The Kier molecular flexibility index (Phi) is 9.05. The van der Waals surface area contributed by atoms with Crippen LogP contribution in [0.4, 0.5) is 4.79 Å². The Morgan fingerprint density at radius 3 is 2.03 bits per heavy atom. The van der Waals surface area contributed by atoms with Crippen molar-refractivity contribution in [2.45, 2.75) is 59.4 Å². The lowest BCUT2D eigenvalue weighted by Crippen LogP contribution is -2.49. The van der Waals surface area contributed by atoms with Crippen LogP contribution in [-0.2, 0) is 14.3 Å². The zero-order valence-corrected chi connectivity index (χ0v) is 21.9. The van der Waals surface area contributed by atoms with Gasteiger partial charge in [-0.15, -0.1) is 0 Å². The van der Waals surface area contributed by atoms with Gasteiger partial charge in [0.25, 0.3) is 0 Å². The summed E-state index contributed by atoms with van der Waals surface area (Å²) in [6, 6.07) is 19.9. The molecule has 33 heavy (non-hydrogen) atoms. The van der Waals surface area contributed by atoms with E-state index in [-0.39, 0.29) is 6.54 Å². The number of benzene rings is 2. The summed E-state index contributed by atoms with van der Waals surface area (Å²) in [5, 5.41) is 2.41. The first-order chi connectivity index (χ1) is 15.4. The number of amides is 1. The predicted molar refractivity (Wildman–Crippen MR) is 136 cm³/mol. The molecule has 2 aromatic carbocycles. The molecule has 178 valence electrons. The summed E-state index contributed by atoms with van der Waals surface area (Å²) in [5.41, 5.74) is 0.236. The van der Waals surface area contributed by atoms with E-state index in [1.807, 2.05) is 83.1 Å². The number of carbonyl (C=O) groups excluding carboxylic acids is 2. The van der Waals surface area contributed by atoms with Gasteiger partial charge in [0.05, 0.1) is 0 Å². The molecule has 0 fully saturated rings. The Hall–Kier alpha value is -2.86. The number of carbonyl (C=O) groups is 2.